The van der Waals surface area contributed by atoms with Gasteiger partial charge in [0.2, 0.25) is 0 Å². The van der Waals surface area contributed by atoms with E-state index < -0.39 is 0 Å². The van der Waals surface area contributed by atoms with Crippen LogP contribution in [0.2, 0.25) is 0 Å². The van der Waals surface area contributed by atoms with Gasteiger partial charge >= 0.3 is 0 Å². The Labute approximate surface area is 103 Å². The third kappa shape index (κ3) is 2.39. The number of aliphatic imine (C=N–C) groups is 1. The van der Waals surface area contributed by atoms with Crippen LogP contribution in [-0.2, 0) is 0 Å². The monoisotopic (exact) mass is 238 g/mol. The normalized spacial score (nSPS) is 33.6. The second kappa shape index (κ2) is 4.25. The predicted molar refractivity (Wildman–Crippen MR) is 71.0 cm³/mol. The maximum Gasteiger partial charge on any atom is 0.157 e. The molecule has 2 aliphatic carbocycles. The topological polar surface area (TPSA) is 24.4 Å². The molecule has 0 aromatic carbocycles. The average Bonchev–Trinajstić information content (AvgIpc) is 3.02. The van der Waals surface area contributed by atoms with Crippen molar-refractivity contribution in [2.75, 3.05) is 6.54 Å². The van der Waals surface area contributed by atoms with Crippen molar-refractivity contribution in [2.24, 2.45) is 10.9 Å². The fourth-order valence-corrected chi connectivity index (χ4v) is 4.24. The van der Waals surface area contributed by atoms with Gasteiger partial charge in [-0.2, -0.15) is 0 Å². The van der Waals surface area contributed by atoms with Crippen LogP contribution in [0.1, 0.15) is 51.9 Å². The van der Waals surface area contributed by atoms with Crippen molar-refractivity contribution in [3.63, 3.8) is 0 Å². The molecule has 0 aromatic rings. The average molecular weight is 238 g/mol. The third-order valence-electron chi connectivity index (χ3n) is 4.19. The Bertz CT molecular complexity index is 290. The quantitative estimate of drug-likeness (QED) is 0.799. The fraction of sp³-hybridized carbons (Fsp3) is 0.923. The van der Waals surface area contributed by atoms with E-state index in [9.17, 15) is 0 Å². The van der Waals surface area contributed by atoms with Crippen molar-refractivity contribution in [1.29, 1.82) is 0 Å². The molecule has 1 unspecified atom stereocenters. The number of thioether (sulfide) groups is 1. The van der Waals surface area contributed by atoms with E-state index in [0.717, 1.165) is 17.7 Å². The summed E-state index contributed by atoms with van der Waals surface area (Å²) < 4.78 is 0. The molecule has 1 aliphatic heterocycles. The fourth-order valence-electron chi connectivity index (χ4n) is 2.89. The number of nitrogens with one attached hydrogen (secondary N) is 1. The van der Waals surface area contributed by atoms with Gasteiger partial charge in [-0.3, -0.25) is 4.99 Å². The van der Waals surface area contributed by atoms with Crippen molar-refractivity contribution in [3.05, 3.63) is 0 Å². The highest BCUT2D eigenvalue weighted by Crippen LogP contribution is 2.42. The lowest BCUT2D eigenvalue weighted by Crippen LogP contribution is -2.46. The summed E-state index contributed by atoms with van der Waals surface area (Å²) in [5.41, 5.74) is 0.336. The highest BCUT2D eigenvalue weighted by atomic mass is 32.2. The lowest BCUT2D eigenvalue weighted by atomic mass is 9.83. The first-order chi connectivity index (χ1) is 7.75. The molecule has 2 nitrogen and oxygen atoms in total. The zero-order valence-corrected chi connectivity index (χ0v) is 11.0. The number of nitrogens with zero attached hydrogens (tertiary/aromatic N) is 1. The van der Waals surface area contributed by atoms with Crippen LogP contribution in [0.15, 0.2) is 4.99 Å². The molecule has 0 amide bonds. The van der Waals surface area contributed by atoms with Gasteiger partial charge < -0.3 is 5.32 Å². The Morgan fingerprint density at radius 2 is 2.00 bits per heavy atom. The number of amidine groups is 1. The second-order valence-electron chi connectivity index (χ2n) is 5.89. The van der Waals surface area contributed by atoms with Gasteiger partial charge in [-0.1, -0.05) is 31.0 Å². The first kappa shape index (κ1) is 10.9. The summed E-state index contributed by atoms with van der Waals surface area (Å²) in [5.74, 6) is 0.979. The predicted octanol–water partition coefficient (Wildman–Crippen LogP) is 3.18. The van der Waals surface area contributed by atoms with Crippen LogP contribution in [0.25, 0.3) is 0 Å². The van der Waals surface area contributed by atoms with Gasteiger partial charge in [0.1, 0.15) is 0 Å². The summed E-state index contributed by atoms with van der Waals surface area (Å²) in [6.07, 6.45) is 9.71. The Balaban J connectivity index is 1.54. The zero-order chi connectivity index (χ0) is 11.0. The van der Waals surface area contributed by atoms with E-state index in [0.29, 0.717) is 5.54 Å². The minimum absolute atomic E-state index is 0.336. The highest BCUT2D eigenvalue weighted by Gasteiger charge is 2.37. The molecular weight excluding hydrogens is 216 g/mol. The van der Waals surface area contributed by atoms with Gasteiger partial charge in [-0.05, 0) is 38.5 Å². The molecule has 1 atom stereocenters. The van der Waals surface area contributed by atoms with Crippen LogP contribution in [-0.4, -0.2) is 22.5 Å². The Morgan fingerprint density at radius 1 is 1.25 bits per heavy atom. The third-order valence-corrected chi connectivity index (χ3v) is 5.48. The smallest absolute Gasteiger partial charge is 0.157 e. The molecule has 0 aromatic heterocycles. The standard InChI is InChI=1S/C13H22N2S/c1-13(7-3-2-4-8-13)15-12-14-9-11(16-12)10-5-6-10/h10-11H,2-9H2,1H3,(H,14,15). The van der Waals surface area contributed by atoms with E-state index >= 15 is 0 Å². The Morgan fingerprint density at radius 3 is 2.69 bits per heavy atom. The van der Waals surface area contributed by atoms with Gasteiger partial charge in [-0.15, -0.1) is 0 Å². The second-order valence-corrected chi connectivity index (χ2v) is 7.11. The van der Waals surface area contributed by atoms with E-state index in [-0.39, 0.29) is 0 Å². The van der Waals surface area contributed by atoms with Gasteiger partial charge in [-0.25, -0.2) is 0 Å². The minimum Gasteiger partial charge on any atom is -0.360 e. The molecule has 16 heavy (non-hydrogen) atoms. The molecule has 3 rings (SSSR count). The lowest BCUT2D eigenvalue weighted by Gasteiger charge is -2.35. The molecular formula is C13H22N2S. The molecule has 2 saturated carbocycles. The van der Waals surface area contributed by atoms with Crippen LogP contribution in [0.3, 0.4) is 0 Å². The van der Waals surface area contributed by atoms with E-state index in [1.54, 1.807) is 0 Å². The maximum absolute atomic E-state index is 4.69. The highest BCUT2D eigenvalue weighted by molar-refractivity contribution is 8.14. The summed E-state index contributed by atoms with van der Waals surface area (Å²) in [6, 6.07) is 0. The number of hydrogen-bond acceptors (Lipinski definition) is 3. The molecule has 1 N–H and O–H groups in total. The molecule has 90 valence electrons. The minimum atomic E-state index is 0.336. The zero-order valence-electron chi connectivity index (χ0n) is 10.2. The largest absolute Gasteiger partial charge is 0.360 e. The SMILES string of the molecule is CC1(NC2=NCC(C3CC3)S2)CCCCC1. The van der Waals surface area contributed by atoms with Crippen LogP contribution < -0.4 is 5.32 Å². The van der Waals surface area contributed by atoms with Crippen molar-refractivity contribution < 1.29 is 0 Å². The lowest BCUT2D eigenvalue weighted by molar-refractivity contribution is 0.292. The van der Waals surface area contributed by atoms with Crippen molar-refractivity contribution in [1.82, 2.24) is 5.32 Å². The van der Waals surface area contributed by atoms with Gasteiger partial charge in [0, 0.05) is 10.8 Å². The summed E-state index contributed by atoms with van der Waals surface area (Å²) in [4.78, 5) is 4.69. The molecule has 0 saturated heterocycles. The molecule has 1 heterocycles. The Kier molecular flexibility index (Phi) is 2.90. The van der Waals surface area contributed by atoms with E-state index in [2.05, 4.69) is 17.2 Å². The molecule has 3 heteroatoms. The van der Waals surface area contributed by atoms with Gasteiger partial charge in [0.25, 0.3) is 0 Å². The summed E-state index contributed by atoms with van der Waals surface area (Å²) >= 11 is 2.01. The maximum atomic E-state index is 4.69. The molecule has 0 spiro atoms. The van der Waals surface area contributed by atoms with Gasteiger partial charge in [0.15, 0.2) is 5.17 Å². The van der Waals surface area contributed by atoms with Crippen molar-refractivity contribution in [2.45, 2.75) is 62.7 Å². The van der Waals surface area contributed by atoms with Crippen LogP contribution in [0.4, 0.5) is 0 Å². The number of rotatable bonds is 2. The van der Waals surface area contributed by atoms with Crippen molar-refractivity contribution >= 4 is 16.9 Å². The summed E-state index contributed by atoms with van der Waals surface area (Å²) in [5, 5.41) is 5.76. The van der Waals surface area contributed by atoms with Gasteiger partial charge in [0.05, 0.1) is 6.54 Å². The molecule has 0 bridgehead atoms. The summed E-state index contributed by atoms with van der Waals surface area (Å²) in [7, 11) is 0. The molecule has 2 fully saturated rings. The van der Waals surface area contributed by atoms with E-state index in [1.807, 2.05) is 11.8 Å². The van der Waals surface area contributed by atoms with Crippen LogP contribution in [0.5, 0.6) is 0 Å². The first-order valence-corrected chi connectivity index (χ1v) is 7.62. The van der Waals surface area contributed by atoms with E-state index in [4.69, 9.17) is 0 Å². The Hall–Kier alpha value is -0.180. The van der Waals surface area contributed by atoms with Crippen LogP contribution in [0, 0.1) is 5.92 Å². The molecule has 3 aliphatic rings. The molecule has 0 radical (unpaired) electrons. The summed E-state index contributed by atoms with van der Waals surface area (Å²) in [6.45, 7) is 3.44. The number of hydrogen-bond donors (Lipinski definition) is 1. The first-order valence-electron chi connectivity index (χ1n) is 6.74. The van der Waals surface area contributed by atoms with Crippen molar-refractivity contribution in [3.8, 4) is 0 Å². The van der Waals surface area contributed by atoms with Crippen LogP contribution >= 0.6 is 11.8 Å². The van der Waals surface area contributed by atoms with E-state index in [1.165, 1.54) is 50.1 Å².